The van der Waals surface area contributed by atoms with Gasteiger partial charge in [-0.05, 0) is 12.1 Å². The molecule has 26 heavy (non-hydrogen) atoms. The molecule has 1 aromatic carbocycles. The van der Waals surface area contributed by atoms with Crippen molar-refractivity contribution < 1.29 is 31.1 Å². The Morgan fingerprint density at radius 1 is 0.885 bits per heavy atom. The van der Waals surface area contributed by atoms with Crippen LogP contribution in [-0.4, -0.2) is 9.97 Å². The summed E-state index contributed by atoms with van der Waals surface area (Å²) in [6.45, 7) is 0. The number of thiophene rings is 1. The molecule has 0 bridgehead atoms. The van der Waals surface area contributed by atoms with E-state index in [-0.39, 0.29) is 17.5 Å². The van der Waals surface area contributed by atoms with E-state index in [1.807, 2.05) is 0 Å². The second-order valence-electron chi connectivity index (χ2n) is 5.04. The van der Waals surface area contributed by atoms with Crippen LogP contribution in [0.4, 0.5) is 26.3 Å². The number of nitrogens with zero attached hydrogens (tertiary/aromatic N) is 2. The SMILES string of the molecule is FC(F)(F)c1ccc(-c2nccc(Oc3csc(C(F)(F)F)c3)n2)cc1. The molecule has 0 unspecified atom stereocenters. The molecule has 10 heteroatoms. The van der Waals surface area contributed by atoms with Crippen LogP contribution in [0.1, 0.15) is 10.4 Å². The monoisotopic (exact) mass is 390 g/mol. The molecule has 0 saturated heterocycles. The summed E-state index contributed by atoms with van der Waals surface area (Å²) in [5.74, 6) is 0.0170. The van der Waals surface area contributed by atoms with Gasteiger partial charge in [0.2, 0.25) is 5.88 Å². The molecule has 0 atom stereocenters. The highest BCUT2D eigenvalue weighted by Gasteiger charge is 2.33. The van der Waals surface area contributed by atoms with Crippen molar-refractivity contribution in [3.63, 3.8) is 0 Å². The third kappa shape index (κ3) is 4.13. The van der Waals surface area contributed by atoms with Crippen molar-refractivity contribution in [2.45, 2.75) is 12.4 Å². The zero-order valence-corrected chi connectivity index (χ0v) is 13.4. The van der Waals surface area contributed by atoms with E-state index in [4.69, 9.17) is 4.74 Å². The Bertz CT molecular complexity index is 902. The third-order valence-corrected chi connectivity index (χ3v) is 4.13. The number of hydrogen-bond acceptors (Lipinski definition) is 4. The van der Waals surface area contributed by atoms with E-state index in [1.54, 1.807) is 0 Å². The molecule has 2 heterocycles. The quantitative estimate of drug-likeness (QED) is 0.512. The van der Waals surface area contributed by atoms with E-state index < -0.39 is 22.8 Å². The van der Waals surface area contributed by atoms with Gasteiger partial charge in [-0.2, -0.15) is 31.3 Å². The molecule has 3 rings (SSSR count). The number of halogens is 6. The van der Waals surface area contributed by atoms with Crippen LogP contribution in [-0.2, 0) is 12.4 Å². The Morgan fingerprint density at radius 2 is 1.58 bits per heavy atom. The predicted octanol–water partition coefficient (Wildman–Crippen LogP) is 6.04. The van der Waals surface area contributed by atoms with Crippen LogP contribution in [0.3, 0.4) is 0 Å². The second-order valence-corrected chi connectivity index (χ2v) is 5.95. The Morgan fingerprint density at radius 3 is 2.15 bits per heavy atom. The Hall–Kier alpha value is -2.62. The first-order valence-electron chi connectivity index (χ1n) is 6.97. The lowest BCUT2D eigenvalue weighted by atomic mass is 10.1. The van der Waals surface area contributed by atoms with Crippen molar-refractivity contribution in [3.8, 4) is 23.0 Å². The summed E-state index contributed by atoms with van der Waals surface area (Å²) in [5.41, 5.74) is -0.503. The molecule has 0 aliphatic carbocycles. The third-order valence-electron chi connectivity index (χ3n) is 3.18. The van der Waals surface area contributed by atoms with Gasteiger partial charge in [0.05, 0.1) is 5.56 Å². The van der Waals surface area contributed by atoms with Crippen molar-refractivity contribution >= 4 is 11.3 Å². The maximum absolute atomic E-state index is 12.6. The summed E-state index contributed by atoms with van der Waals surface area (Å²) in [6.07, 6.45) is -7.63. The number of ether oxygens (including phenoxy) is 1. The summed E-state index contributed by atoms with van der Waals surface area (Å²) in [7, 11) is 0. The van der Waals surface area contributed by atoms with Crippen molar-refractivity contribution in [3.05, 3.63) is 58.4 Å². The molecule has 0 radical (unpaired) electrons. The van der Waals surface area contributed by atoms with Crippen LogP contribution < -0.4 is 4.74 Å². The maximum Gasteiger partial charge on any atom is 0.425 e. The fourth-order valence-corrected chi connectivity index (χ4v) is 2.67. The van der Waals surface area contributed by atoms with Gasteiger partial charge in [-0.15, -0.1) is 11.3 Å². The summed E-state index contributed by atoms with van der Waals surface area (Å²) in [4.78, 5) is 7.13. The molecule has 0 fully saturated rings. The first-order chi connectivity index (χ1) is 12.1. The maximum atomic E-state index is 12.6. The molecule has 3 aromatic rings. The minimum Gasteiger partial charge on any atom is -0.438 e. The van der Waals surface area contributed by atoms with Gasteiger partial charge in [-0.1, -0.05) is 12.1 Å². The van der Waals surface area contributed by atoms with E-state index >= 15 is 0 Å². The molecular formula is C16H8F6N2OS. The molecule has 0 N–H and O–H groups in total. The van der Waals surface area contributed by atoms with Crippen molar-refractivity contribution in [1.29, 1.82) is 0 Å². The van der Waals surface area contributed by atoms with Gasteiger partial charge in [-0.3, -0.25) is 0 Å². The van der Waals surface area contributed by atoms with Crippen molar-refractivity contribution in [2.75, 3.05) is 0 Å². The largest absolute Gasteiger partial charge is 0.438 e. The van der Waals surface area contributed by atoms with Crippen LogP contribution in [0.2, 0.25) is 0 Å². The highest BCUT2D eigenvalue weighted by Crippen LogP contribution is 2.37. The van der Waals surface area contributed by atoms with Gasteiger partial charge in [-0.25, -0.2) is 4.98 Å². The zero-order valence-electron chi connectivity index (χ0n) is 12.6. The molecule has 136 valence electrons. The van der Waals surface area contributed by atoms with E-state index in [0.717, 1.165) is 18.2 Å². The topological polar surface area (TPSA) is 35.0 Å². The fraction of sp³-hybridized carbons (Fsp3) is 0.125. The molecule has 0 spiro atoms. The molecule has 3 nitrogen and oxygen atoms in total. The van der Waals surface area contributed by atoms with Crippen LogP contribution in [0.15, 0.2) is 48.0 Å². The summed E-state index contributed by atoms with van der Waals surface area (Å²) < 4.78 is 80.8. The number of rotatable bonds is 3. The fourth-order valence-electron chi connectivity index (χ4n) is 1.99. The lowest BCUT2D eigenvalue weighted by molar-refractivity contribution is -0.137. The van der Waals surface area contributed by atoms with E-state index in [2.05, 4.69) is 9.97 Å². The molecule has 2 aromatic heterocycles. The molecule has 0 saturated carbocycles. The number of alkyl halides is 6. The first kappa shape index (κ1) is 18.2. The van der Waals surface area contributed by atoms with E-state index in [0.29, 0.717) is 16.9 Å². The summed E-state index contributed by atoms with van der Waals surface area (Å²) in [5, 5.41) is 1.18. The standard InChI is InChI=1S/C16H8F6N2OS/c17-15(18,19)10-3-1-9(2-4-10)14-23-6-5-13(24-14)25-11-7-12(26-8-11)16(20,21)22/h1-8H. The Kier molecular flexibility index (Phi) is 4.61. The van der Waals surface area contributed by atoms with Gasteiger partial charge >= 0.3 is 12.4 Å². The Balaban J connectivity index is 1.81. The Labute approximate surface area is 146 Å². The normalized spacial score (nSPS) is 12.2. The summed E-state index contributed by atoms with van der Waals surface area (Å²) >= 11 is 0.480. The smallest absolute Gasteiger partial charge is 0.425 e. The zero-order chi connectivity index (χ0) is 18.9. The van der Waals surface area contributed by atoms with Crippen molar-refractivity contribution in [1.82, 2.24) is 9.97 Å². The number of benzene rings is 1. The molecular weight excluding hydrogens is 382 g/mol. The molecule has 0 aliphatic heterocycles. The van der Waals surface area contributed by atoms with Gasteiger partial charge in [0.15, 0.2) is 5.82 Å². The lowest BCUT2D eigenvalue weighted by Crippen LogP contribution is -2.04. The molecule has 0 amide bonds. The lowest BCUT2D eigenvalue weighted by Gasteiger charge is -2.08. The van der Waals surface area contributed by atoms with Gasteiger partial charge in [0, 0.05) is 29.3 Å². The van der Waals surface area contributed by atoms with Gasteiger partial charge < -0.3 is 4.74 Å². The van der Waals surface area contributed by atoms with Crippen molar-refractivity contribution in [2.24, 2.45) is 0 Å². The minimum absolute atomic E-state index is 0.0265. The van der Waals surface area contributed by atoms with E-state index in [1.165, 1.54) is 29.8 Å². The van der Waals surface area contributed by atoms with Gasteiger partial charge in [0.25, 0.3) is 0 Å². The predicted molar refractivity (Wildman–Crippen MR) is 81.9 cm³/mol. The average Bonchev–Trinajstić information content (AvgIpc) is 3.03. The first-order valence-corrected chi connectivity index (χ1v) is 7.85. The van der Waals surface area contributed by atoms with Crippen LogP contribution in [0, 0.1) is 0 Å². The minimum atomic E-state index is -4.47. The van der Waals surface area contributed by atoms with Crippen LogP contribution >= 0.6 is 11.3 Å². The highest BCUT2D eigenvalue weighted by molar-refractivity contribution is 7.10. The van der Waals surface area contributed by atoms with E-state index in [9.17, 15) is 26.3 Å². The van der Waals surface area contributed by atoms with Gasteiger partial charge in [0.1, 0.15) is 10.6 Å². The van der Waals surface area contributed by atoms with Crippen LogP contribution in [0.5, 0.6) is 11.6 Å². The highest BCUT2D eigenvalue weighted by atomic mass is 32.1. The summed E-state index contributed by atoms with van der Waals surface area (Å²) in [6, 6.07) is 6.35. The molecule has 0 aliphatic rings. The van der Waals surface area contributed by atoms with Crippen LogP contribution in [0.25, 0.3) is 11.4 Å². The average molecular weight is 390 g/mol. The number of aromatic nitrogens is 2. The second kappa shape index (κ2) is 6.60. The number of hydrogen-bond donors (Lipinski definition) is 0.